The van der Waals surface area contributed by atoms with E-state index in [1.165, 1.54) is 38.2 Å². The Morgan fingerprint density at radius 3 is 1.53 bits per heavy atom. The molecule has 0 saturated heterocycles. The van der Waals surface area contributed by atoms with Crippen LogP contribution in [-0.2, 0) is 0 Å². The fourth-order valence-corrected chi connectivity index (χ4v) is 7.23. The van der Waals surface area contributed by atoms with Gasteiger partial charge in [0, 0.05) is 21.5 Å². The van der Waals surface area contributed by atoms with Crippen LogP contribution in [0.3, 0.4) is 0 Å². The molecule has 3 nitrogen and oxygen atoms in total. The summed E-state index contributed by atoms with van der Waals surface area (Å²) in [6.07, 6.45) is 1.76. The maximum atomic E-state index is 6.42. The van der Waals surface area contributed by atoms with Gasteiger partial charge in [-0.3, -0.25) is 0 Å². The minimum atomic E-state index is 0.827. The third-order valence-corrected chi connectivity index (χ3v) is 8.95. The van der Waals surface area contributed by atoms with Gasteiger partial charge in [0.25, 0.3) is 0 Å². The topological polar surface area (TPSA) is 39.4 Å². The second-order valence-corrected chi connectivity index (χ2v) is 11.2. The summed E-state index contributed by atoms with van der Waals surface area (Å²) >= 11 is 0. The first-order valence-corrected chi connectivity index (χ1v) is 14.5. The Kier molecular flexibility index (Phi) is 4.45. The molecule has 0 radical (unpaired) electrons. The highest BCUT2D eigenvalue weighted by atomic mass is 16.3. The molecule has 0 aliphatic rings. The zero-order valence-electron chi connectivity index (χ0n) is 22.9. The monoisotopic (exact) mass is 550 g/mol. The van der Waals surface area contributed by atoms with E-state index in [0.717, 1.165) is 60.4 Å². The highest BCUT2D eigenvalue weighted by Gasteiger charge is 2.23. The number of fused-ring (bicyclic) bond motifs is 10. The lowest BCUT2D eigenvalue weighted by molar-refractivity contribution is 0.618. The zero-order valence-corrected chi connectivity index (χ0v) is 22.9. The molecular formula is C40H22O3. The minimum Gasteiger partial charge on any atom is -0.464 e. The molecule has 3 aromatic heterocycles. The van der Waals surface area contributed by atoms with Crippen LogP contribution in [0.2, 0.25) is 0 Å². The van der Waals surface area contributed by atoms with Gasteiger partial charge >= 0.3 is 0 Å². The average Bonchev–Trinajstić information content (AvgIpc) is 3.78. The van der Waals surface area contributed by atoms with E-state index >= 15 is 0 Å². The second-order valence-electron chi connectivity index (χ2n) is 11.2. The number of rotatable bonds is 2. The van der Waals surface area contributed by atoms with Gasteiger partial charge in [-0.15, -0.1) is 0 Å². The van der Waals surface area contributed by atoms with E-state index in [4.69, 9.17) is 13.3 Å². The van der Waals surface area contributed by atoms with Crippen LogP contribution in [0.4, 0.5) is 0 Å². The highest BCUT2D eigenvalue weighted by Crippen LogP contribution is 2.49. The molecule has 0 aliphatic heterocycles. The van der Waals surface area contributed by atoms with Crippen LogP contribution >= 0.6 is 0 Å². The molecule has 43 heavy (non-hydrogen) atoms. The predicted molar refractivity (Wildman–Crippen MR) is 177 cm³/mol. The smallest absolute Gasteiger partial charge is 0.145 e. The van der Waals surface area contributed by atoms with Crippen molar-refractivity contribution < 1.29 is 13.3 Å². The van der Waals surface area contributed by atoms with Crippen LogP contribution in [-0.4, -0.2) is 0 Å². The molecular weight excluding hydrogens is 528 g/mol. The van der Waals surface area contributed by atoms with Gasteiger partial charge in [-0.2, -0.15) is 0 Å². The molecule has 10 aromatic rings. The molecule has 0 aliphatic carbocycles. The Bertz CT molecular complexity index is 2680. The minimum absolute atomic E-state index is 0.827. The van der Waals surface area contributed by atoms with E-state index in [2.05, 4.69) is 103 Å². The van der Waals surface area contributed by atoms with Gasteiger partial charge in [0.1, 0.15) is 27.9 Å². The summed E-state index contributed by atoms with van der Waals surface area (Å²) < 4.78 is 18.8. The van der Waals surface area contributed by atoms with Crippen LogP contribution in [0.15, 0.2) is 147 Å². The van der Waals surface area contributed by atoms with Crippen molar-refractivity contribution in [1.82, 2.24) is 0 Å². The number of para-hydroxylation sites is 1. The van der Waals surface area contributed by atoms with Gasteiger partial charge in [-0.25, -0.2) is 0 Å². The first kappa shape index (κ1) is 22.8. The van der Waals surface area contributed by atoms with E-state index in [-0.39, 0.29) is 0 Å². The van der Waals surface area contributed by atoms with E-state index in [1.54, 1.807) is 6.26 Å². The molecule has 0 atom stereocenters. The van der Waals surface area contributed by atoms with Gasteiger partial charge in [0.15, 0.2) is 0 Å². The molecule has 0 spiro atoms. The third-order valence-electron chi connectivity index (χ3n) is 8.95. The van der Waals surface area contributed by atoms with Crippen molar-refractivity contribution in [3.8, 4) is 22.3 Å². The van der Waals surface area contributed by atoms with Crippen molar-refractivity contribution >= 4 is 76.4 Å². The van der Waals surface area contributed by atoms with E-state index in [9.17, 15) is 0 Å². The van der Waals surface area contributed by atoms with Crippen LogP contribution in [0, 0.1) is 0 Å². The van der Waals surface area contributed by atoms with Gasteiger partial charge in [0.2, 0.25) is 0 Å². The molecule has 0 saturated carbocycles. The fourth-order valence-electron chi connectivity index (χ4n) is 7.23. The summed E-state index contributed by atoms with van der Waals surface area (Å²) in [5.74, 6) is 0. The molecule has 0 unspecified atom stereocenters. The third kappa shape index (κ3) is 3.03. The Morgan fingerprint density at radius 1 is 0.349 bits per heavy atom. The van der Waals surface area contributed by atoms with Crippen molar-refractivity contribution in [1.29, 1.82) is 0 Å². The van der Waals surface area contributed by atoms with Crippen LogP contribution in [0.25, 0.3) is 98.6 Å². The van der Waals surface area contributed by atoms with Crippen LogP contribution in [0.1, 0.15) is 0 Å². The highest BCUT2D eigenvalue weighted by molar-refractivity contribution is 6.29. The summed E-state index contributed by atoms with van der Waals surface area (Å²) in [5, 5.41) is 10.2. The van der Waals surface area contributed by atoms with Gasteiger partial charge in [0.05, 0.1) is 11.6 Å². The Hall–Kier alpha value is -5.80. The number of hydrogen-bond acceptors (Lipinski definition) is 3. The summed E-state index contributed by atoms with van der Waals surface area (Å²) in [5.41, 5.74) is 9.04. The molecule has 0 N–H and O–H groups in total. The lowest BCUT2D eigenvalue weighted by atomic mass is 9.84. The molecule has 0 bridgehead atoms. The Labute approximate surface area is 245 Å². The van der Waals surface area contributed by atoms with Crippen LogP contribution < -0.4 is 0 Å². The van der Waals surface area contributed by atoms with Crippen molar-refractivity contribution in [2.75, 3.05) is 0 Å². The first-order valence-electron chi connectivity index (χ1n) is 14.5. The molecule has 200 valence electrons. The Balaban J connectivity index is 1.41. The van der Waals surface area contributed by atoms with Gasteiger partial charge in [-0.05, 0) is 80.2 Å². The van der Waals surface area contributed by atoms with Gasteiger partial charge < -0.3 is 13.3 Å². The summed E-state index contributed by atoms with van der Waals surface area (Å²) in [6, 6.07) is 44.7. The Morgan fingerprint density at radius 2 is 0.860 bits per heavy atom. The molecule has 3 heteroatoms. The standard InChI is InChI=1S/C40H22O3/c1-3-11-26-24(9-1)35(29-14-7-17-32-37(29)28-13-5-6-16-31(28)42-32)25-10-2-4-12-27(25)36(26)30-15-8-18-33-38(30)39-34(43-33)20-19-23-21-22-41-40(23)39/h1-22H. The molecule has 10 rings (SSSR count). The summed E-state index contributed by atoms with van der Waals surface area (Å²) in [7, 11) is 0. The van der Waals surface area contributed by atoms with E-state index in [0.29, 0.717) is 0 Å². The molecule has 3 heterocycles. The quantitative estimate of drug-likeness (QED) is 0.201. The average molecular weight is 551 g/mol. The van der Waals surface area contributed by atoms with Crippen molar-refractivity contribution in [2.45, 2.75) is 0 Å². The van der Waals surface area contributed by atoms with Gasteiger partial charge in [-0.1, -0.05) is 91.0 Å². The predicted octanol–water partition coefficient (Wildman–Crippen LogP) is 11.9. The summed E-state index contributed by atoms with van der Waals surface area (Å²) in [6.45, 7) is 0. The summed E-state index contributed by atoms with van der Waals surface area (Å²) in [4.78, 5) is 0. The first-order chi connectivity index (χ1) is 21.3. The number of furan rings is 3. The number of benzene rings is 7. The van der Waals surface area contributed by atoms with Crippen molar-refractivity contribution in [3.63, 3.8) is 0 Å². The number of hydrogen-bond donors (Lipinski definition) is 0. The molecule has 7 aromatic carbocycles. The normalized spacial score (nSPS) is 12.2. The van der Waals surface area contributed by atoms with E-state index in [1.807, 2.05) is 24.3 Å². The maximum absolute atomic E-state index is 6.42. The fraction of sp³-hybridized carbons (Fsp3) is 0. The molecule has 0 fully saturated rings. The van der Waals surface area contributed by atoms with E-state index < -0.39 is 0 Å². The lowest BCUT2D eigenvalue weighted by Crippen LogP contribution is -1.91. The second kappa shape index (κ2) is 8.37. The lowest BCUT2D eigenvalue weighted by Gasteiger charge is -2.18. The van der Waals surface area contributed by atoms with Crippen LogP contribution in [0.5, 0.6) is 0 Å². The SMILES string of the molecule is c1ccc2c(c1)oc1cccc(-c3c4ccccc4c(-c4cccc5oc6ccc7ccoc7c6c45)c4ccccc34)c12. The van der Waals surface area contributed by atoms with Crippen molar-refractivity contribution in [3.05, 3.63) is 134 Å². The zero-order chi connectivity index (χ0) is 28.1. The van der Waals surface area contributed by atoms with Crippen molar-refractivity contribution in [2.24, 2.45) is 0 Å². The largest absolute Gasteiger partial charge is 0.464 e. The molecule has 0 amide bonds. The maximum Gasteiger partial charge on any atom is 0.145 e.